The molecular formula is C17H20ClF3N4O. The van der Waals surface area contributed by atoms with Crippen LogP contribution in [0.2, 0.25) is 0 Å². The quantitative estimate of drug-likeness (QED) is 0.849. The molecule has 3 rings (SSSR count). The predicted molar refractivity (Wildman–Crippen MR) is 93.8 cm³/mol. The second-order valence-electron chi connectivity index (χ2n) is 6.14. The molecule has 26 heavy (non-hydrogen) atoms. The minimum atomic E-state index is -4.52. The van der Waals surface area contributed by atoms with E-state index in [0.717, 1.165) is 36.3 Å². The van der Waals surface area contributed by atoms with Crippen molar-refractivity contribution in [3.8, 4) is 5.69 Å². The van der Waals surface area contributed by atoms with Crippen molar-refractivity contribution in [1.29, 1.82) is 0 Å². The first-order valence-corrected chi connectivity index (χ1v) is 8.12. The Balaban J connectivity index is 0.00000243. The summed E-state index contributed by atoms with van der Waals surface area (Å²) in [7, 11) is 0. The third-order valence-corrected chi connectivity index (χ3v) is 4.36. The summed E-state index contributed by atoms with van der Waals surface area (Å²) >= 11 is 0. The van der Waals surface area contributed by atoms with Crippen LogP contribution in [0.1, 0.15) is 35.8 Å². The van der Waals surface area contributed by atoms with Crippen molar-refractivity contribution in [3.05, 3.63) is 47.8 Å². The molecule has 0 bridgehead atoms. The molecule has 0 radical (unpaired) electrons. The number of carbonyl (C=O) groups excluding carboxylic acids is 1. The lowest BCUT2D eigenvalue weighted by atomic mass is 9.99. The lowest BCUT2D eigenvalue weighted by Crippen LogP contribution is -2.51. The van der Waals surface area contributed by atoms with Crippen LogP contribution in [0.4, 0.5) is 13.2 Å². The maximum absolute atomic E-state index is 13.0. The summed E-state index contributed by atoms with van der Waals surface area (Å²) in [5.74, 6) is -0.303. The van der Waals surface area contributed by atoms with E-state index in [9.17, 15) is 18.0 Å². The number of nitrogens with one attached hydrogen (secondary N) is 2. The first kappa shape index (κ1) is 20.3. The smallest absolute Gasteiger partial charge is 0.348 e. The Hall–Kier alpha value is -2.06. The third kappa shape index (κ3) is 4.37. The Morgan fingerprint density at radius 3 is 2.81 bits per heavy atom. The molecule has 2 unspecified atom stereocenters. The average Bonchev–Trinajstić information content (AvgIpc) is 3.07. The van der Waals surface area contributed by atoms with Gasteiger partial charge < -0.3 is 10.6 Å². The lowest BCUT2D eigenvalue weighted by Gasteiger charge is -2.30. The standard InChI is InChI=1S/C17H19F3N4O.ClH/c1-11-14(6-3-8-21-11)23-16(25)12-4-2-5-13(10-12)24-15(7-9-22-24)17(18,19)20;/h2,4-5,7,9-11,14,21H,3,6,8H2,1H3,(H,23,25);1H. The molecule has 1 aliphatic rings. The topological polar surface area (TPSA) is 58.9 Å². The number of nitrogens with zero attached hydrogens (tertiary/aromatic N) is 2. The molecule has 2 N–H and O–H groups in total. The number of amides is 1. The van der Waals surface area contributed by atoms with Gasteiger partial charge in [0.2, 0.25) is 0 Å². The number of benzene rings is 1. The molecule has 142 valence electrons. The minimum Gasteiger partial charge on any atom is -0.348 e. The van der Waals surface area contributed by atoms with Crippen molar-refractivity contribution in [1.82, 2.24) is 20.4 Å². The number of hydrogen-bond donors (Lipinski definition) is 2. The van der Waals surface area contributed by atoms with Crippen LogP contribution in [0.15, 0.2) is 36.5 Å². The molecule has 1 amide bonds. The van der Waals surface area contributed by atoms with Crippen LogP contribution >= 0.6 is 12.4 Å². The highest BCUT2D eigenvalue weighted by molar-refractivity contribution is 5.95. The van der Waals surface area contributed by atoms with Crippen LogP contribution in [0.5, 0.6) is 0 Å². The number of carbonyl (C=O) groups is 1. The van der Waals surface area contributed by atoms with Gasteiger partial charge in [-0.2, -0.15) is 18.3 Å². The van der Waals surface area contributed by atoms with E-state index in [1.54, 1.807) is 12.1 Å². The molecule has 1 fully saturated rings. The summed E-state index contributed by atoms with van der Waals surface area (Å²) in [6.07, 6.45) is -1.59. The zero-order chi connectivity index (χ0) is 18.0. The Morgan fingerprint density at radius 1 is 1.35 bits per heavy atom. The van der Waals surface area contributed by atoms with Gasteiger partial charge in [0.25, 0.3) is 5.91 Å². The normalized spacial score (nSPS) is 20.3. The van der Waals surface area contributed by atoms with Crippen LogP contribution in [0, 0.1) is 0 Å². The van der Waals surface area contributed by atoms with Gasteiger partial charge in [-0.05, 0) is 50.6 Å². The van der Waals surface area contributed by atoms with Crippen molar-refractivity contribution in [2.45, 2.75) is 38.0 Å². The van der Waals surface area contributed by atoms with E-state index in [4.69, 9.17) is 0 Å². The summed E-state index contributed by atoms with van der Waals surface area (Å²) < 4.78 is 39.9. The van der Waals surface area contributed by atoms with Crippen LogP contribution in [0.3, 0.4) is 0 Å². The second-order valence-corrected chi connectivity index (χ2v) is 6.14. The molecular weight excluding hydrogens is 369 g/mol. The Morgan fingerprint density at radius 2 is 2.12 bits per heavy atom. The zero-order valence-corrected chi connectivity index (χ0v) is 14.9. The van der Waals surface area contributed by atoms with Crippen molar-refractivity contribution in [2.24, 2.45) is 0 Å². The van der Waals surface area contributed by atoms with Crippen LogP contribution < -0.4 is 10.6 Å². The molecule has 0 saturated carbocycles. The van der Waals surface area contributed by atoms with E-state index in [1.807, 2.05) is 6.92 Å². The Labute approximate surface area is 155 Å². The minimum absolute atomic E-state index is 0. The number of halogens is 4. The van der Waals surface area contributed by atoms with Crippen LogP contribution in [-0.2, 0) is 6.18 Å². The monoisotopic (exact) mass is 388 g/mol. The molecule has 1 aliphatic heterocycles. The fourth-order valence-electron chi connectivity index (χ4n) is 3.00. The largest absolute Gasteiger partial charge is 0.433 e. The lowest BCUT2D eigenvalue weighted by molar-refractivity contribution is -0.142. The van der Waals surface area contributed by atoms with Gasteiger partial charge in [-0.1, -0.05) is 6.07 Å². The molecule has 9 heteroatoms. The highest BCUT2D eigenvalue weighted by Gasteiger charge is 2.35. The molecule has 0 aliphatic carbocycles. The van der Waals surface area contributed by atoms with E-state index in [-0.39, 0.29) is 36.1 Å². The van der Waals surface area contributed by atoms with Gasteiger partial charge in [0.05, 0.1) is 11.9 Å². The second kappa shape index (κ2) is 8.09. The van der Waals surface area contributed by atoms with Crippen LogP contribution in [-0.4, -0.2) is 34.3 Å². The number of aromatic nitrogens is 2. The summed E-state index contributed by atoms with van der Waals surface area (Å²) in [5, 5.41) is 9.98. The van der Waals surface area contributed by atoms with Crippen molar-refractivity contribution >= 4 is 18.3 Å². The first-order valence-electron chi connectivity index (χ1n) is 8.12. The predicted octanol–water partition coefficient (Wildman–Crippen LogP) is 3.18. The van der Waals surface area contributed by atoms with Gasteiger partial charge in [-0.3, -0.25) is 4.79 Å². The van der Waals surface area contributed by atoms with Crippen molar-refractivity contribution in [2.75, 3.05) is 6.54 Å². The molecule has 1 aromatic carbocycles. The van der Waals surface area contributed by atoms with Gasteiger partial charge in [-0.15, -0.1) is 12.4 Å². The SMILES string of the molecule is CC1NCCCC1NC(=O)c1cccc(-n2nccc2C(F)(F)F)c1.Cl. The van der Waals surface area contributed by atoms with Crippen LogP contribution in [0.25, 0.3) is 5.69 Å². The number of piperidine rings is 1. The Kier molecular flexibility index (Phi) is 6.30. The number of alkyl halides is 3. The van der Waals surface area contributed by atoms with Gasteiger partial charge in [0.15, 0.2) is 0 Å². The van der Waals surface area contributed by atoms with Gasteiger partial charge in [-0.25, -0.2) is 4.68 Å². The summed E-state index contributed by atoms with van der Waals surface area (Å²) in [5.41, 5.74) is -0.381. The van der Waals surface area contributed by atoms with E-state index in [2.05, 4.69) is 15.7 Å². The third-order valence-electron chi connectivity index (χ3n) is 4.36. The van der Waals surface area contributed by atoms with Crippen molar-refractivity contribution < 1.29 is 18.0 Å². The molecule has 0 spiro atoms. The molecule has 2 atom stereocenters. The van der Waals surface area contributed by atoms with Gasteiger partial charge in [0.1, 0.15) is 5.69 Å². The number of rotatable bonds is 3. The van der Waals surface area contributed by atoms with Crippen molar-refractivity contribution in [3.63, 3.8) is 0 Å². The molecule has 2 heterocycles. The summed E-state index contributed by atoms with van der Waals surface area (Å²) in [4.78, 5) is 12.5. The number of hydrogen-bond acceptors (Lipinski definition) is 3. The molecule has 5 nitrogen and oxygen atoms in total. The zero-order valence-electron chi connectivity index (χ0n) is 14.1. The van der Waals surface area contributed by atoms with E-state index >= 15 is 0 Å². The summed E-state index contributed by atoms with van der Waals surface area (Å²) in [6, 6.07) is 7.10. The average molecular weight is 389 g/mol. The summed E-state index contributed by atoms with van der Waals surface area (Å²) in [6.45, 7) is 2.92. The fourth-order valence-corrected chi connectivity index (χ4v) is 3.00. The first-order chi connectivity index (χ1) is 11.9. The maximum Gasteiger partial charge on any atom is 0.433 e. The van der Waals surface area contributed by atoms with E-state index < -0.39 is 11.9 Å². The van der Waals surface area contributed by atoms with Gasteiger partial charge >= 0.3 is 6.18 Å². The highest BCUT2D eigenvalue weighted by atomic mass is 35.5. The molecule has 2 aromatic rings. The molecule has 1 saturated heterocycles. The van der Waals surface area contributed by atoms with E-state index in [1.165, 1.54) is 12.1 Å². The Bertz CT molecular complexity index is 762. The van der Waals surface area contributed by atoms with Gasteiger partial charge in [0, 0.05) is 17.6 Å². The fraction of sp³-hybridized carbons (Fsp3) is 0.412. The highest BCUT2D eigenvalue weighted by Crippen LogP contribution is 2.30. The molecule has 1 aromatic heterocycles. The maximum atomic E-state index is 13.0. The van der Waals surface area contributed by atoms with E-state index in [0.29, 0.717) is 5.56 Å².